The number of hydrogen-bond acceptors (Lipinski definition) is 1. The Hall–Kier alpha value is -1.87. The van der Waals surface area contributed by atoms with E-state index in [0.717, 1.165) is 11.0 Å². The molecular formula is C13H8ClFN2. The average Bonchev–Trinajstić information content (AvgIpc) is 2.75. The maximum absolute atomic E-state index is 13.2. The normalized spacial score (nSPS) is 10.9. The van der Waals surface area contributed by atoms with Crippen molar-refractivity contribution in [2.24, 2.45) is 0 Å². The Morgan fingerprint density at radius 2 is 1.94 bits per heavy atom. The molecule has 4 heteroatoms. The second-order valence-electron chi connectivity index (χ2n) is 3.73. The summed E-state index contributed by atoms with van der Waals surface area (Å²) in [5.41, 5.74) is 2.31. The van der Waals surface area contributed by atoms with E-state index in [1.807, 2.05) is 24.3 Å². The number of aromatic amines is 1. The van der Waals surface area contributed by atoms with Gasteiger partial charge in [0, 0.05) is 5.56 Å². The number of aromatic nitrogens is 2. The number of hydrogen-bond donors (Lipinski definition) is 1. The number of halogens is 2. The lowest BCUT2D eigenvalue weighted by Crippen LogP contribution is -1.84. The Bertz CT molecular complexity index is 658. The molecule has 3 aromatic rings. The van der Waals surface area contributed by atoms with Crippen LogP contribution in [0.25, 0.3) is 22.4 Å². The molecule has 1 N–H and O–H groups in total. The highest BCUT2D eigenvalue weighted by Crippen LogP contribution is 2.27. The topological polar surface area (TPSA) is 28.7 Å². The summed E-state index contributed by atoms with van der Waals surface area (Å²) < 4.78 is 13.2. The molecule has 0 radical (unpaired) electrons. The monoisotopic (exact) mass is 246 g/mol. The van der Waals surface area contributed by atoms with Gasteiger partial charge in [-0.15, -0.1) is 0 Å². The van der Waals surface area contributed by atoms with Crippen molar-refractivity contribution in [1.82, 2.24) is 9.97 Å². The summed E-state index contributed by atoms with van der Waals surface area (Å²) in [7, 11) is 0. The van der Waals surface area contributed by atoms with Crippen molar-refractivity contribution in [1.29, 1.82) is 0 Å². The highest BCUT2D eigenvalue weighted by atomic mass is 35.5. The second kappa shape index (κ2) is 3.86. The Morgan fingerprint density at radius 3 is 2.76 bits per heavy atom. The van der Waals surface area contributed by atoms with E-state index in [2.05, 4.69) is 9.97 Å². The van der Waals surface area contributed by atoms with E-state index < -0.39 is 0 Å². The van der Waals surface area contributed by atoms with Crippen molar-refractivity contribution < 1.29 is 4.39 Å². The van der Waals surface area contributed by atoms with Crippen LogP contribution in [-0.4, -0.2) is 9.97 Å². The summed E-state index contributed by atoms with van der Waals surface area (Å²) in [5.74, 6) is 0.251. The minimum Gasteiger partial charge on any atom is -0.338 e. The first kappa shape index (κ1) is 10.3. The summed E-state index contributed by atoms with van der Waals surface area (Å²) in [6.07, 6.45) is 0. The maximum Gasteiger partial charge on any atom is 0.140 e. The lowest BCUT2D eigenvalue weighted by Gasteiger charge is -1.99. The fourth-order valence-corrected chi connectivity index (χ4v) is 1.97. The first-order valence-electron chi connectivity index (χ1n) is 5.14. The molecule has 0 saturated carbocycles. The number of nitrogens with one attached hydrogen (secondary N) is 1. The Kier molecular flexibility index (Phi) is 2.34. The lowest BCUT2D eigenvalue weighted by molar-refractivity contribution is 0.628. The van der Waals surface area contributed by atoms with Crippen LogP contribution in [0.3, 0.4) is 0 Å². The molecular weight excluding hydrogens is 239 g/mol. The Morgan fingerprint density at radius 1 is 1.12 bits per heavy atom. The van der Waals surface area contributed by atoms with Gasteiger partial charge in [-0.1, -0.05) is 23.7 Å². The average molecular weight is 247 g/mol. The van der Waals surface area contributed by atoms with Gasteiger partial charge in [-0.05, 0) is 30.3 Å². The molecule has 0 aliphatic carbocycles. The maximum atomic E-state index is 13.2. The van der Waals surface area contributed by atoms with Crippen molar-refractivity contribution in [3.8, 4) is 11.4 Å². The Balaban J connectivity index is 2.23. The number of nitrogens with zero attached hydrogens (tertiary/aromatic N) is 1. The highest BCUT2D eigenvalue weighted by molar-refractivity contribution is 6.33. The molecule has 1 heterocycles. The van der Waals surface area contributed by atoms with Crippen molar-refractivity contribution in [3.63, 3.8) is 0 Å². The third kappa shape index (κ3) is 1.78. The molecule has 0 spiro atoms. The number of rotatable bonds is 1. The van der Waals surface area contributed by atoms with Crippen LogP contribution >= 0.6 is 11.6 Å². The molecule has 2 nitrogen and oxygen atoms in total. The van der Waals surface area contributed by atoms with Crippen molar-refractivity contribution in [3.05, 3.63) is 53.3 Å². The van der Waals surface area contributed by atoms with Gasteiger partial charge >= 0.3 is 0 Å². The first-order chi connectivity index (χ1) is 8.24. The molecule has 0 unspecified atom stereocenters. The van der Waals surface area contributed by atoms with Gasteiger partial charge in [-0.2, -0.15) is 0 Å². The molecule has 17 heavy (non-hydrogen) atoms. The van der Waals surface area contributed by atoms with E-state index in [4.69, 9.17) is 11.6 Å². The molecule has 84 valence electrons. The van der Waals surface area contributed by atoms with E-state index in [0.29, 0.717) is 16.4 Å². The zero-order valence-corrected chi connectivity index (χ0v) is 9.50. The minimum atomic E-state index is -0.329. The van der Waals surface area contributed by atoms with Crippen LogP contribution in [0.1, 0.15) is 0 Å². The van der Waals surface area contributed by atoms with Crippen LogP contribution in [0, 0.1) is 5.82 Å². The first-order valence-corrected chi connectivity index (χ1v) is 5.52. The fourth-order valence-electron chi connectivity index (χ4n) is 1.76. The van der Waals surface area contributed by atoms with E-state index >= 15 is 0 Å². The number of H-pyrrole nitrogens is 1. The molecule has 0 amide bonds. The van der Waals surface area contributed by atoms with Crippen LogP contribution in [0.2, 0.25) is 5.02 Å². The van der Waals surface area contributed by atoms with Crippen LogP contribution < -0.4 is 0 Å². The molecule has 0 atom stereocenters. The minimum absolute atomic E-state index is 0.329. The third-order valence-corrected chi connectivity index (χ3v) is 2.90. The van der Waals surface area contributed by atoms with Crippen LogP contribution in [0.5, 0.6) is 0 Å². The van der Waals surface area contributed by atoms with Crippen molar-refractivity contribution >= 4 is 22.6 Å². The van der Waals surface area contributed by atoms with E-state index in [9.17, 15) is 4.39 Å². The molecule has 0 aliphatic rings. The zero-order chi connectivity index (χ0) is 11.8. The summed E-state index contributed by atoms with van der Waals surface area (Å²) >= 11 is 6.03. The van der Waals surface area contributed by atoms with E-state index in [1.165, 1.54) is 18.2 Å². The van der Waals surface area contributed by atoms with Crippen LogP contribution in [-0.2, 0) is 0 Å². The zero-order valence-electron chi connectivity index (χ0n) is 8.74. The molecule has 3 rings (SSSR count). The number of para-hydroxylation sites is 2. The van der Waals surface area contributed by atoms with E-state index in [-0.39, 0.29) is 5.82 Å². The number of fused-ring (bicyclic) bond motifs is 1. The summed E-state index contributed by atoms with van der Waals surface area (Å²) in [4.78, 5) is 7.50. The molecule has 2 aromatic carbocycles. The van der Waals surface area contributed by atoms with Gasteiger partial charge < -0.3 is 4.98 Å². The highest BCUT2D eigenvalue weighted by Gasteiger charge is 2.09. The van der Waals surface area contributed by atoms with Gasteiger partial charge in [0.1, 0.15) is 11.6 Å². The number of benzene rings is 2. The van der Waals surface area contributed by atoms with Gasteiger partial charge in [0.15, 0.2) is 0 Å². The lowest BCUT2D eigenvalue weighted by atomic mass is 10.2. The molecule has 0 saturated heterocycles. The summed E-state index contributed by atoms with van der Waals surface area (Å²) in [6, 6.07) is 11.9. The standard InChI is InChI=1S/C13H8ClFN2/c14-10-6-5-8(15)7-9(10)13-16-11-3-1-2-4-12(11)17-13/h1-7H,(H,16,17). The summed E-state index contributed by atoms with van der Waals surface area (Å²) in [5, 5.41) is 0.477. The van der Waals surface area contributed by atoms with Gasteiger partial charge in [-0.25, -0.2) is 9.37 Å². The van der Waals surface area contributed by atoms with Crippen LogP contribution in [0.4, 0.5) is 4.39 Å². The SMILES string of the molecule is Fc1ccc(Cl)c(-c2nc3ccccc3[nH]2)c1. The molecule has 0 fully saturated rings. The smallest absolute Gasteiger partial charge is 0.140 e. The van der Waals surface area contributed by atoms with Gasteiger partial charge in [-0.3, -0.25) is 0 Å². The predicted octanol–water partition coefficient (Wildman–Crippen LogP) is 4.02. The quantitative estimate of drug-likeness (QED) is 0.690. The molecule has 1 aromatic heterocycles. The van der Waals surface area contributed by atoms with Crippen molar-refractivity contribution in [2.45, 2.75) is 0 Å². The second-order valence-corrected chi connectivity index (χ2v) is 4.13. The van der Waals surface area contributed by atoms with Gasteiger partial charge in [0.25, 0.3) is 0 Å². The largest absolute Gasteiger partial charge is 0.338 e. The van der Waals surface area contributed by atoms with Crippen LogP contribution in [0.15, 0.2) is 42.5 Å². The molecule has 0 bridgehead atoms. The Labute approximate surface area is 102 Å². The fraction of sp³-hybridized carbons (Fsp3) is 0. The third-order valence-electron chi connectivity index (χ3n) is 2.57. The van der Waals surface area contributed by atoms with Gasteiger partial charge in [0.05, 0.1) is 16.1 Å². The summed E-state index contributed by atoms with van der Waals surface area (Å²) in [6.45, 7) is 0. The molecule has 0 aliphatic heterocycles. The van der Waals surface area contributed by atoms with E-state index in [1.54, 1.807) is 0 Å². The van der Waals surface area contributed by atoms with Crippen molar-refractivity contribution in [2.75, 3.05) is 0 Å². The number of imidazole rings is 1. The van der Waals surface area contributed by atoms with Gasteiger partial charge in [0.2, 0.25) is 0 Å². The predicted molar refractivity (Wildman–Crippen MR) is 66.5 cm³/mol.